The van der Waals surface area contributed by atoms with Crippen molar-refractivity contribution in [2.75, 3.05) is 41.3 Å². The molecule has 0 bridgehead atoms. The van der Waals surface area contributed by atoms with Crippen molar-refractivity contribution in [3.63, 3.8) is 0 Å². The highest BCUT2D eigenvalue weighted by molar-refractivity contribution is 5.84. The third-order valence-corrected chi connectivity index (χ3v) is 10.5. The molecule has 2 amide bonds. The Morgan fingerprint density at radius 3 is 1.22 bits per heavy atom. The summed E-state index contributed by atoms with van der Waals surface area (Å²) in [6.45, 7) is 6.35. The molecule has 10 nitrogen and oxygen atoms in total. The zero-order valence-corrected chi connectivity index (χ0v) is 34.9. The van der Waals surface area contributed by atoms with Crippen molar-refractivity contribution in [3.8, 4) is 22.5 Å². The first-order valence-electron chi connectivity index (χ1n) is 20.4. The van der Waals surface area contributed by atoms with Crippen LogP contribution in [0.2, 0.25) is 0 Å². The molecule has 4 aromatic carbocycles. The molecular weight excluding hydrogens is 721 g/mol. The van der Waals surface area contributed by atoms with Crippen LogP contribution in [0, 0.1) is 0 Å². The van der Waals surface area contributed by atoms with Crippen LogP contribution in [0.5, 0.6) is 0 Å². The fourth-order valence-electron chi connectivity index (χ4n) is 7.55. The summed E-state index contributed by atoms with van der Waals surface area (Å²) in [5.74, 6) is 1.68. The van der Waals surface area contributed by atoms with Crippen molar-refractivity contribution >= 4 is 11.8 Å². The summed E-state index contributed by atoms with van der Waals surface area (Å²) in [7, 11) is 7.80. The van der Waals surface area contributed by atoms with Crippen LogP contribution >= 0.6 is 0 Å². The van der Waals surface area contributed by atoms with Gasteiger partial charge in [-0.15, -0.1) is 0 Å². The van der Waals surface area contributed by atoms with Crippen LogP contribution in [-0.2, 0) is 35.5 Å². The number of aryl methyl sites for hydroxylation is 2. The van der Waals surface area contributed by atoms with E-state index in [0.717, 1.165) is 71.0 Å². The molecule has 0 fully saturated rings. The van der Waals surface area contributed by atoms with Gasteiger partial charge in [0, 0.05) is 13.1 Å². The zero-order valence-electron chi connectivity index (χ0n) is 34.9. The lowest BCUT2D eigenvalue weighted by molar-refractivity contribution is -0.138. The van der Waals surface area contributed by atoms with Crippen LogP contribution in [0.1, 0.15) is 72.7 Å². The number of aromatic nitrogens is 4. The molecule has 2 aromatic heterocycles. The van der Waals surface area contributed by atoms with E-state index in [1.54, 1.807) is 0 Å². The van der Waals surface area contributed by atoms with Crippen molar-refractivity contribution in [1.29, 1.82) is 0 Å². The maximum absolute atomic E-state index is 13.8. The molecule has 302 valence electrons. The number of likely N-dealkylation sites (N-methyl/N-ethyl adjacent to an activating group) is 2. The van der Waals surface area contributed by atoms with E-state index in [-0.39, 0.29) is 23.9 Å². The standard InChI is InChI=1S/C48H58N8O2/c1-7-29-55(47(57)45(53(3)4)39-15-11-9-12-16-39)33-43-49-31-41(51-43)37-25-21-35(22-26-37)19-20-36-23-27-38(28-24-36)42-32-50-44(52-42)34-56(30-8-2)48(58)46(54(5)6)40-17-13-10-14-18-40/h9-18,21-28,31-32,45-46H,7-8,19-20,29-30,33-34H2,1-6H3,(H,49,51)(H,50,52)/t45-,46-/m1/s1. The van der Waals surface area contributed by atoms with E-state index < -0.39 is 0 Å². The van der Waals surface area contributed by atoms with Crippen molar-refractivity contribution < 1.29 is 9.59 Å². The first-order chi connectivity index (χ1) is 28.1. The van der Waals surface area contributed by atoms with Crippen LogP contribution in [0.15, 0.2) is 122 Å². The predicted molar refractivity (Wildman–Crippen MR) is 233 cm³/mol. The van der Waals surface area contributed by atoms with Gasteiger partial charge in [0.2, 0.25) is 11.8 Å². The smallest absolute Gasteiger partial charge is 0.244 e. The van der Waals surface area contributed by atoms with Gasteiger partial charge in [-0.05, 0) is 87.3 Å². The molecule has 6 rings (SSSR count). The van der Waals surface area contributed by atoms with E-state index in [1.807, 2.05) is 121 Å². The molecular formula is C48H58N8O2. The average Bonchev–Trinajstić information content (AvgIpc) is 3.91. The third kappa shape index (κ3) is 10.6. The van der Waals surface area contributed by atoms with Crippen LogP contribution < -0.4 is 0 Å². The molecule has 2 heterocycles. The number of nitrogens with zero attached hydrogens (tertiary/aromatic N) is 6. The SMILES string of the molecule is CCCN(Cc1ncc(-c2ccc(CCc3ccc(-c4cnc(CN(CCC)C(=O)[C@@H](c5ccccc5)N(C)C)[nH]4)cc3)cc2)[nH]1)C(=O)[C@@H](c1ccccc1)N(C)C. The lowest BCUT2D eigenvalue weighted by Crippen LogP contribution is -2.40. The summed E-state index contributed by atoms with van der Waals surface area (Å²) in [5.41, 5.74) is 8.48. The molecule has 0 aliphatic carbocycles. The van der Waals surface area contributed by atoms with Gasteiger partial charge in [0.1, 0.15) is 23.7 Å². The zero-order chi connectivity index (χ0) is 41.0. The number of hydrogen-bond donors (Lipinski definition) is 2. The van der Waals surface area contributed by atoms with E-state index in [4.69, 9.17) is 0 Å². The number of amides is 2. The molecule has 0 saturated heterocycles. The average molecular weight is 779 g/mol. The molecule has 58 heavy (non-hydrogen) atoms. The van der Waals surface area contributed by atoms with Crippen LogP contribution in [0.25, 0.3) is 22.5 Å². The van der Waals surface area contributed by atoms with E-state index >= 15 is 0 Å². The molecule has 2 N–H and O–H groups in total. The molecule has 10 heteroatoms. The number of benzene rings is 4. The molecule has 0 aliphatic rings. The first-order valence-corrected chi connectivity index (χ1v) is 20.4. The van der Waals surface area contributed by atoms with Gasteiger partial charge in [-0.2, -0.15) is 0 Å². The highest BCUT2D eigenvalue weighted by Gasteiger charge is 2.29. The minimum atomic E-state index is -0.356. The quantitative estimate of drug-likeness (QED) is 0.0858. The second kappa shape index (κ2) is 20.0. The van der Waals surface area contributed by atoms with Gasteiger partial charge in [0.15, 0.2) is 0 Å². The Balaban J connectivity index is 1.03. The number of imidazole rings is 2. The predicted octanol–water partition coefficient (Wildman–Crippen LogP) is 8.34. The van der Waals surface area contributed by atoms with E-state index in [9.17, 15) is 9.59 Å². The van der Waals surface area contributed by atoms with Crippen LogP contribution in [-0.4, -0.2) is 92.6 Å². The highest BCUT2D eigenvalue weighted by atomic mass is 16.2. The number of carbonyl (C=O) groups is 2. The molecule has 0 radical (unpaired) electrons. The molecule has 0 saturated carbocycles. The summed E-state index contributed by atoms with van der Waals surface area (Å²) in [6.07, 6.45) is 7.28. The Kier molecular flexibility index (Phi) is 14.4. The number of H-pyrrole nitrogens is 2. The summed E-state index contributed by atoms with van der Waals surface area (Å²) in [4.78, 5) is 51.6. The minimum Gasteiger partial charge on any atom is -0.341 e. The summed E-state index contributed by atoms with van der Waals surface area (Å²) >= 11 is 0. The monoisotopic (exact) mass is 778 g/mol. The number of carbonyl (C=O) groups excluding carboxylic acids is 2. The van der Waals surface area contributed by atoms with Crippen molar-refractivity contribution in [2.45, 2.75) is 64.7 Å². The maximum Gasteiger partial charge on any atom is 0.244 e. The van der Waals surface area contributed by atoms with Crippen LogP contribution in [0.3, 0.4) is 0 Å². The largest absolute Gasteiger partial charge is 0.341 e. The Bertz CT molecular complexity index is 2020. The molecule has 0 unspecified atom stereocenters. The Labute approximate surface area is 344 Å². The lowest BCUT2D eigenvalue weighted by Gasteiger charge is -2.30. The molecule has 0 spiro atoms. The minimum absolute atomic E-state index is 0.0716. The Hall–Kier alpha value is -5.84. The van der Waals surface area contributed by atoms with Crippen molar-refractivity contribution in [2.24, 2.45) is 0 Å². The first kappa shape index (κ1) is 41.8. The second-order valence-electron chi connectivity index (χ2n) is 15.5. The van der Waals surface area contributed by atoms with Gasteiger partial charge in [-0.25, -0.2) is 9.97 Å². The molecule has 0 aliphatic heterocycles. The topological polar surface area (TPSA) is 104 Å². The van der Waals surface area contributed by atoms with Gasteiger partial charge in [0.05, 0.1) is 36.9 Å². The fourth-order valence-corrected chi connectivity index (χ4v) is 7.55. The van der Waals surface area contributed by atoms with E-state index in [2.05, 4.69) is 82.3 Å². The summed E-state index contributed by atoms with van der Waals surface area (Å²) in [6, 6.07) is 36.4. The molecule has 2 atom stereocenters. The number of hydrogen-bond acceptors (Lipinski definition) is 6. The third-order valence-electron chi connectivity index (χ3n) is 10.5. The summed E-state index contributed by atoms with van der Waals surface area (Å²) in [5, 5.41) is 0. The van der Waals surface area contributed by atoms with Gasteiger partial charge in [-0.3, -0.25) is 19.4 Å². The lowest BCUT2D eigenvalue weighted by atomic mass is 10.0. The van der Waals surface area contributed by atoms with Gasteiger partial charge >= 0.3 is 0 Å². The summed E-state index contributed by atoms with van der Waals surface area (Å²) < 4.78 is 0. The number of aromatic amines is 2. The number of rotatable bonds is 19. The maximum atomic E-state index is 13.8. The van der Waals surface area contributed by atoms with Crippen LogP contribution in [0.4, 0.5) is 0 Å². The normalized spacial score (nSPS) is 12.5. The highest BCUT2D eigenvalue weighted by Crippen LogP contribution is 2.26. The van der Waals surface area contributed by atoms with Crippen molar-refractivity contribution in [1.82, 2.24) is 39.5 Å². The van der Waals surface area contributed by atoms with E-state index in [1.165, 1.54) is 11.1 Å². The Morgan fingerprint density at radius 2 is 0.897 bits per heavy atom. The van der Waals surface area contributed by atoms with Gasteiger partial charge in [-0.1, -0.05) is 123 Å². The number of nitrogens with one attached hydrogen (secondary N) is 2. The van der Waals surface area contributed by atoms with E-state index in [0.29, 0.717) is 26.2 Å². The second-order valence-corrected chi connectivity index (χ2v) is 15.5. The fraction of sp³-hybridized carbons (Fsp3) is 0.333. The van der Waals surface area contributed by atoms with Crippen molar-refractivity contribution in [3.05, 3.63) is 155 Å². The van der Waals surface area contributed by atoms with Gasteiger partial charge in [0.25, 0.3) is 0 Å². The van der Waals surface area contributed by atoms with Gasteiger partial charge < -0.3 is 19.8 Å². The Morgan fingerprint density at radius 1 is 0.534 bits per heavy atom. The molecule has 6 aromatic rings.